The lowest BCUT2D eigenvalue weighted by Gasteiger charge is -2.01. The van der Waals surface area contributed by atoms with Gasteiger partial charge in [-0.15, -0.1) is 22.7 Å². The summed E-state index contributed by atoms with van der Waals surface area (Å²) in [5, 5.41) is 14.3. The summed E-state index contributed by atoms with van der Waals surface area (Å²) in [6.45, 7) is 1.90. The van der Waals surface area contributed by atoms with Crippen LogP contribution in [0, 0.1) is 11.8 Å². The van der Waals surface area contributed by atoms with Crippen molar-refractivity contribution in [1.29, 1.82) is 0 Å². The summed E-state index contributed by atoms with van der Waals surface area (Å²) in [5.74, 6) is 5.21. The van der Waals surface area contributed by atoms with Crippen LogP contribution in [0.3, 0.4) is 0 Å². The number of aliphatic hydroxyl groups is 1. The number of aliphatic hydroxyl groups excluding tert-OH is 1. The molecule has 1 atom stereocenters. The lowest BCUT2D eigenvalue weighted by molar-refractivity contribution is 0.100. The SMILES string of the molecule is CCC(O)c1cc(C#Cc2cc(C(N)=O)c(NC(N)=O)s2)cs1. The fourth-order valence-electron chi connectivity index (χ4n) is 1.77. The zero-order chi connectivity index (χ0) is 17.0. The quantitative estimate of drug-likeness (QED) is 0.634. The van der Waals surface area contributed by atoms with Gasteiger partial charge >= 0.3 is 6.03 Å². The van der Waals surface area contributed by atoms with Crippen LogP contribution in [0.2, 0.25) is 0 Å². The summed E-state index contributed by atoms with van der Waals surface area (Å²) in [5.41, 5.74) is 11.3. The number of rotatable bonds is 4. The van der Waals surface area contributed by atoms with Crippen molar-refractivity contribution in [3.63, 3.8) is 0 Å². The fourth-order valence-corrected chi connectivity index (χ4v) is 3.60. The molecule has 1 unspecified atom stereocenters. The Bertz CT molecular complexity index is 798. The maximum Gasteiger partial charge on any atom is 0.317 e. The molecule has 0 saturated heterocycles. The van der Waals surface area contributed by atoms with Crippen LogP contribution >= 0.6 is 22.7 Å². The van der Waals surface area contributed by atoms with E-state index in [0.29, 0.717) is 11.3 Å². The molecule has 0 fully saturated rings. The van der Waals surface area contributed by atoms with Gasteiger partial charge in [0.25, 0.3) is 5.91 Å². The first kappa shape index (κ1) is 17.0. The smallest absolute Gasteiger partial charge is 0.317 e. The minimum atomic E-state index is -0.773. The predicted molar refractivity (Wildman–Crippen MR) is 91.6 cm³/mol. The summed E-state index contributed by atoms with van der Waals surface area (Å²) >= 11 is 2.56. The molecular weight excluding hydrogens is 334 g/mol. The standard InChI is InChI=1S/C15H15N3O3S2/c1-2-11(19)12-5-8(7-22-12)3-4-9-6-10(13(16)20)14(23-9)18-15(17)21/h5-7,11,19H,2H2,1H3,(H2,16,20)(H3,17,18,21). The van der Waals surface area contributed by atoms with Crippen molar-refractivity contribution < 1.29 is 14.7 Å². The second kappa shape index (κ2) is 7.28. The van der Waals surface area contributed by atoms with Crippen LogP contribution in [0.5, 0.6) is 0 Å². The molecule has 0 radical (unpaired) electrons. The molecule has 8 heteroatoms. The minimum Gasteiger partial charge on any atom is -0.388 e. The van der Waals surface area contributed by atoms with Crippen molar-refractivity contribution in [3.05, 3.63) is 38.4 Å². The van der Waals surface area contributed by atoms with Gasteiger partial charge in [-0.25, -0.2) is 4.79 Å². The molecule has 0 aliphatic rings. The molecule has 0 spiro atoms. The van der Waals surface area contributed by atoms with Gasteiger partial charge in [0.15, 0.2) is 0 Å². The highest BCUT2D eigenvalue weighted by Crippen LogP contribution is 2.28. The molecule has 2 rings (SSSR count). The molecule has 0 aliphatic carbocycles. The number of primary amides is 2. The normalized spacial score (nSPS) is 11.4. The molecule has 120 valence electrons. The molecule has 6 nitrogen and oxygen atoms in total. The number of urea groups is 1. The summed E-state index contributed by atoms with van der Waals surface area (Å²) in [6, 6.07) is 2.57. The molecule has 6 N–H and O–H groups in total. The molecule has 0 bridgehead atoms. The zero-order valence-corrected chi connectivity index (χ0v) is 13.9. The molecule has 3 amide bonds. The average Bonchev–Trinajstić information content (AvgIpc) is 3.10. The number of nitrogens with two attached hydrogens (primary N) is 2. The van der Waals surface area contributed by atoms with E-state index in [0.717, 1.165) is 21.8 Å². The lowest BCUT2D eigenvalue weighted by atomic mass is 10.2. The second-order valence-corrected chi connectivity index (χ2v) is 6.61. The second-order valence-electron chi connectivity index (χ2n) is 4.62. The number of thiophene rings is 2. The third kappa shape index (κ3) is 4.32. The molecule has 2 aromatic rings. The number of hydrogen-bond acceptors (Lipinski definition) is 5. The van der Waals surface area contributed by atoms with Gasteiger partial charge in [0.2, 0.25) is 0 Å². The van der Waals surface area contributed by atoms with Crippen molar-refractivity contribution in [2.75, 3.05) is 5.32 Å². The summed E-state index contributed by atoms with van der Waals surface area (Å²) in [7, 11) is 0. The van der Waals surface area contributed by atoms with Gasteiger partial charge in [-0.2, -0.15) is 0 Å². The van der Waals surface area contributed by atoms with Crippen LogP contribution in [0.1, 0.15) is 45.1 Å². The van der Waals surface area contributed by atoms with E-state index in [1.54, 1.807) is 0 Å². The molecule has 2 aromatic heterocycles. The van der Waals surface area contributed by atoms with Crippen LogP contribution in [0.25, 0.3) is 0 Å². The average molecular weight is 349 g/mol. The number of carbonyl (C=O) groups excluding carboxylic acids is 2. The first-order valence-electron chi connectivity index (χ1n) is 6.69. The van der Waals surface area contributed by atoms with Crippen molar-refractivity contribution in [1.82, 2.24) is 0 Å². The van der Waals surface area contributed by atoms with Gasteiger partial charge in [-0.05, 0) is 18.6 Å². The summed E-state index contributed by atoms with van der Waals surface area (Å²) < 4.78 is 0. The molecule has 0 aromatic carbocycles. The molecular formula is C15H15N3O3S2. The highest BCUT2D eigenvalue weighted by molar-refractivity contribution is 7.17. The van der Waals surface area contributed by atoms with E-state index in [1.807, 2.05) is 18.4 Å². The van der Waals surface area contributed by atoms with E-state index in [-0.39, 0.29) is 10.6 Å². The van der Waals surface area contributed by atoms with Crippen molar-refractivity contribution >= 4 is 39.6 Å². The van der Waals surface area contributed by atoms with Crippen LogP contribution < -0.4 is 16.8 Å². The topological polar surface area (TPSA) is 118 Å². The van der Waals surface area contributed by atoms with E-state index in [2.05, 4.69) is 17.2 Å². The summed E-state index contributed by atoms with van der Waals surface area (Å²) in [4.78, 5) is 23.7. The number of anilines is 1. The van der Waals surface area contributed by atoms with Gasteiger partial charge in [-0.3, -0.25) is 10.1 Å². The van der Waals surface area contributed by atoms with Crippen molar-refractivity contribution in [2.24, 2.45) is 11.5 Å². The highest BCUT2D eigenvalue weighted by Gasteiger charge is 2.14. The van der Waals surface area contributed by atoms with Gasteiger partial charge < -0.3 is 16.6 Å². The number of nitrogens with one attached hydrogen (secondary N) is 1. The monoisotopic (exact) mass is 349 g/mol. The third-order valence-corrected chi connectivity index (χ3v) is 4.90. The van der Waals surface area contributed by atoms with Crippen LogP contribution in [-0.4, -0.2) is 17.0 Å². The van der Waals surface area contributed by atoms with E-state index in [9.17, 15) is 14.7 Å². The largest absolute Gasteiger partial charge is 0.388 e. The first-order chi connectivity index (χ1) is 10.9. The Morgan fingerprint density at radius 3 is 2.70 bits per heavy atom. The Labute approximate surface area is 141 Å². The molecule has 0 saturated carbocycles. The number of amides is 3. The third-order valence-electron chi connectivity index (χ3n) is 2.90. The van der Waals surface area contributed by atoms with E-state index < -0.39 is 18.0 Å². The Kier molecular flexibility index (Phi) is 5.39. The molecule has 23 heavy (non-hydrogen) atoms. The maximum atomic E-state index is 11.4. The van der Waals surface area contributed by atoms with E-state index >= 15 is 0 Å². The zero-order valence-electron chi connectivity index (χ0n) is 12.3. The number of carbonyl (C=O) groups is 2. The van der Waals surface area contributed by atoms with Gasteiger partial charge in [0.1, 0.15) is 5.00 Å². The minimum absolute atomic E-state index is 0.172. The van der Waals surface area contributed by atoms with Gasteiger partial charge in [0.05, 0.1) is 16.5 Å². The Balaban J connectivity index is 2.25. The highest BCUT2D eigenvalue weighted by atomic mass is 32.1. The van der Waals surface area contributed by atoms with E-state index in [4.69, 9.17) is 11.5 Å². The number of hydrogen-bond donors (Lipinski definition) is 4. The summed E-state index contributed by atoms with van der Waals surface area (Å²) in [6.07, 6.45) is 0.160. The fraction of sp³-hybridized carbons (Fsp3) is 0.200. The Hall–Kier alpha value is -2.34. The van der Waals surface area contributed by atoms with Gasteiger partial charge in [0, 0.05) is 15.8 Å². The lowest BCUT2D eigenvalue weighted by Crippen LogP contribution is -2.21. The van der Waals surface area contributed by atoms with E-state index in [1.165, 1.54) is 17.4 Å². The van der Waals surface area contributed by atoms with Crippen LogP contribution in [0.4, 0.5) is 9.80 Å². The molecule has 0 aliphatic heterocycles. The van der Waals surface area contributed by atoms with Crippen molar-refractivity contribution in [2.45, 2.75) is 19.4 Å². The van der Waals surface area contributed by atoms with Crippen molar-refractivity contribution in [3.8, 4) is 11.8 Å². The maximum absolute atomic E-state index is 11.4. The van der Waals surface area contributed by atoms with Crippen LogP contribution in [0.15, 0.2) is 17.5 Å². The Morgan fingerprint density at radius 1 is 1.35 bits per heavy atom. The predicted octanol–water partition coefficient (Wildman–Crippen LogP) is 2.24. The first-order valence-corrected chi connectivity index (χ1v) is 8.39. The molecule has 2 heterocycles. The van der Waals surface area contributed by atoms with Crippen LogP contribution in [-0.2, 0) is 0 Å². The van der Waals surface area contributed by atoms with Gasteiger partial charge in [-0.1, -0.05) is 18.8 Å². The Morgan fingerprint density at radius 2 is 2.09 bits per heavy atom.